The fourth-order valence-electron chi connectivity index (χ4n) is 4.67. The number of aromatic nitrogens is 2. The molecule has 1 amide bonds. The summed E-state index contributed by atoms with van der Waals surface area (Å²) in [6.07, 6.45) is 2.71. The zero-order valence-electron chi connectivity index (χ0n) is 17.6. The van der Waals surface area contributed by atoms with Crippen LogP contribution < -0.4 is 10.6 Å². The Morgan fingerprint density at radius 3 is 2.57 bits per heavy atom. The molecular weight excluding hydrogens is 402 g/mol. The Balaban J connectivity index is 1.45. The van der Waals surface area contributed by atoms with Gasteiger partial charge in [-0.3, -0.25) is 14.3 Å². The number of rotatable bonds is 6. The number of benzene rings is 1. The number of nitrogens with zero attached hydrogens (tertiary/aromatic N) is 4. The van der Waals surface area contributed by atoms with Gasteiger partial charge in [0.1, 0.15) is 5.15 Å². The van der Waals surface area contributed by atoms with Crippen LogP contribution in [-0.4, -0.2) is 60.3 Å². The number of primary amides is 1. The van der Waals surface area contributed by atoms with Crippen molar-refractivity contribution in [3.8, 4) is 5.69 Å². The zero-order chi connectivity index (χ0) is 21.3. The van der Waals surface area contributed by atoms with Crippen molar-refractivity contribution in [2.45, 2.75) is 31.9 Å². The average molecular weight is 432 g/mol. The highest BCUT2D eigenvalue weighted by molar-refractivity contribution is 6.30. The third-order valence-corrected chi connectivity index (χ3v) is 6.64. The molecule has 4 rings (SSSR count). The third-order valence-electron chi connectivity index (χ3n) is 6.26. The Bertz CT molecular complexity index is 877. The van der Waals surface area contributed by atoms with Crippen molar-refractivity contribution in [2.75, 3.05) is 38.7 Å². The van der Waals surface area contributed by atoms with Crippen LogP contribution in [0.3, 0.4) is 0 Å². The SMILES string of the molecule is CN(C)c1nc(CN2CCC([C@H]3OCC[C@@H]3C(N)=O)CC2)c(Cl)n1-c1ccccc1. The molecular formula is C22H30ClN5O2. The van der Waals surface area contributed by atoms with Crippen LogP contribution in [-0.2, 0) is 16.1 Å². The summed E-state index contributed by atoms with van der Waals surface area (Å²) in [5, 5.41) is 0.653. The molecule has 2 aliphatic heterocycles. The molecule has 8 heteroatoms. The van der Waals surface area contributed by atoms with E-state index < -0.39 is 0 Å². The third kappa shape index (κ3) is 4.19. The zero-order valence-corrected chi connectivity index (χ0v) is 18.4. The largest absolute Gasteiger partial charge is 0.377 e. The summed E-state index contributed by atoms with van der Waals surface area (Å²) in [4.78, 5) is 20.9. The quantitative estimate of drug-likeness (QED) is 0.760. The maximum Gasteiger partial charge on any atom is 0.223 e. The van der Waals surface area contributed by atoms with Crippen molar-refractivity contribution in [1.82, 2.24) is 14.5 Å². The molecule has 0 aliphatic carbocycles. The highest BCUT2D eigenvalue weighted by Crippen LogP contribution is 2.34. The molecule has 1 aromatic heterocycles. The van der Waals surface area contributed by atoms with E-state index in [9.17, 15) is 4.79 Å². The van der Waals surface area contributed by atoms with Crippen LogP contribution in [0.5, 0.6) is 0 Å². The number of carbonyl (C=O) groups excluding carboxylic acids is 1. The number of likely N-dealkylation sites (tertiary alicyclic amines) is 1. The number of carbonyl (C=O) groups is 1. The van der Waals surface area contributed by atoms with Gasteiger partial charge < -0.3 is 15.4 Å². The van der Waals surface area contributed by atoms with E-state index in [1.807, 2.05) is 53.9 Å². The van der Waals surface area contributed by atoms with E-state index in [0.717, 1.165) is 49.7 Å². The number of imidazole rings is 1. The molecule has 7 nitrogen and oxygen atoms in total. The maximum absolute atomic E-state index is 11.7. The standard InChI is InChI=1S/C22H30ClN5O2/c1-26(2)22-25-18(20(23)28(22)16-6-4-3-5-7-16)14-27-11-8-15(9-12-27)19-17(21(24)29)10-13-30-19/h3-7,15,17,19H,8-14H2,1-2H3,(H2,24,29)/t17-,19+/m0/s1. The number of nitrogens with two attached hydrogens (primary N) is 1. The molecule has 0 radical (unpaired) electrons. The second kappa shape index (κ2) is 8.96. The van der Waals surface area contributed by atoms with Gasteiger partial charge in [0.05, 0.1) is 17.7 Å². The average Bonchev–Trinajstić information content (AvgIpc) is 3.35. The fraction of sp³-hybridized carbons (Fsp3) is 0.545. The van der Waals surface area contributed by atoms with Crippen molar-refractivity contribution in [3.63, 3.8) is 0 Å². The van der Waals surface area contributed by atoms with E-state index in [0.29, 0.717) is 24.2 Å². The van der Waals surface area contributed by atoms with Crippen LogP contribution in [0.25, 0.3) is 5.69 Å². The Morgan fingerprint density at radius 2 is 1.93 bits per heavy atom. The Labute approximate surface area is 182 Å². The Kier molecular flexibility index (Phi) is 6.32. The molecule has 0 bridgehead atoms. The van der Waals surface area contributed by atoms with E-state index in [4.69, 9.17) is 27.1 Å². The summed E-state index contributed by atoms with van der Waals surface area (Å²) in [5.41, 5.74) is 7.45. The van der Waals surface area contributed by atoms with Gasteiger partial charge in [-0.2, -0.15) is 0 Å². The molecule has 0 unspecified atom stereocenters. The van der Waals surface area contributed by atoms with Gasteiger partial charge in [0.25, 0.3) is 0 Å². The number of amides is 1. The van der Waals surface area contributed by atoms with Crippen LogP contribution >= 0.6 is 11.6 Å². The first-order chi connectivity index (χ1) is 14.5. The van der Waals surface area contributed by atoms with E-state index in [1.165, 1.54) is 0 Å². The molecule has 2 saturated heterocycles. The molecule has 2 aromatic rings. The molecule has 2 atom stereocenters. The first-order valence-electron chi connectivity index (χ1n) is 10.6. The summed E-state index contributed by atoms with van der Waals surface area (Å²) in [7, 11) is 3.95. The smallest absolute Gasteiger partial charge is 0.223 e. The summed E-state index contributed by atoms with van der Waals surface area (Å²) in [6, 6.07) is 10.1. The van der Waals surface area contributed by atoms with Crippen molar-refractivity contribution in [2.24, 2.45) is 17.6 Å². The van der Waals surface area contributed by atoms with Gasteiger partial charge in [0.15, 0.2) is 0 Å². The topological polar surface area (TPSA) is 76.6 Å². The van der Waals surface area contributed by atoms with Crippen LogP contribution in [0.4, 0.5) is 5.95 Å². The van der Waals surface area contributed by atoms with E-state index in [1.54, 1.807) is 0 Å². The lowest BCUT2D eigenvalue weighted by Gasteiger charge is -2.35. The monoisotopic (exact) mass is 431 g/mol. The molecule has 162 valence electrons. The van der Waals surface area contributed by atoms with E-state index in [2.05, 4.69) is 4.90 Å². The molecule has 30 heavy (non-hydrogen) atoms. The van der Waals surface area contributed by atoms with Crippen LogP contribution in [0.2, 0.25) is 5.15 Å². The Morgan fingerprint density at radius 1 is 1.23 bits per heavy atom. The molecule has 3 heterocycles. The maximum atomic E-state index is 11.7. The number of para-hydroxylation sites is 1. The van der Waals surface area contributed by atoms with Gasteiger partial charge in [-0.1, -0.05) is 29.8 Å². The number of hydrogen-bond donors (Lipinski definition) is 1. The highest BCUT2D eigenvalue weighted by atomic mass is 35.5. The molecule has 2 N–H and O–H groups in total. The predicted molar refractivity (Wildman–Crippen MR) is 118 cm³/mol. The summed E-state index contributed by atoms with van der Waals surface area (Å²) >= 11 is 6.79. The van der Waals surface area contributed by atoms with Gasteiger partial charge in [-0.05, 0) is 50.4 Å². The molecule has 1 aromatic carbocycles. The minimum atomic E-state index is -0.227. The fourth-order valence-corrected chi connectivity index (χ4v) is 4.95. The first kappa shape index (κ1) is 21.2. The molecule has 0 saturated carbocycles. The van der Waals surface area contributed by atoms with E-state index >= 15 is 0 Å². The van der Waals surface area contributed by atoms with Crippen molar-refractivity contribution in [3.05, 3.63) is 41.2 Å². The summed E-state index contributed by atoms with van der Waals surface area (Å²) < 4.78 is 7.87. The van der Waals surface area contributed by atoms with Gasteiger partial charge >= 0.3 is 0 Å². The lowest BCUT2D eigenvalue weighted by atomic mass is 9.84. The number of piperidine rings is 1. The van der Waals surface area contributed by atoms with Crippen LogP contribution in [0.15, 0.2) is 30.3 Å². The lowest BCUT2D eigenvalue weighted by molar-refractivity contribution is -0.124. The second-order valence-electron chi connectivity index (χ2n) is 8.46. The summed E-state index contributed by atoms with van der Waals surface area (Å²) in [5.74, 6) is 0.838. The van der Waals surface area contributed by atoms with Crippen LogP contribution in [0.1, 0.15) is 25.0 Å². The first-order valence-corrected chi connectivity index (χ1v) is 11.0. The van der Waals surface area contributed by atoms with Crippen molar-refractivity contribution in [1.29, 1.82) is 0 Å². The van der Waals surface area contributed by atoms with Gasteiger partial charge in [-0.15, -0.1) is 0 Å². The van der Waals surface area contributed by atoms with E-state index in [-0.39, 0.29) is 17.9 Å². The second-order valence-corrected chi connectivity index (χ2v) is 8.82. The van der Waals surface area contributed by atoms with Gasteiger partial charge in [0, 0.05) is 32.9 Å². The highest BCUT2D eigenvalue weighted by Gasteiger charge is 2.39. The van der Waals surface area contributed by atoms with Crippen LogP contribution in [0, 0.1) is 11.8 Å². The number of hydrogen-bond acceptors (Lipinski definition) is 5. The van der Waals surface area contributed by atoms with Gasteiger partial charge in [0.2, 0.25) is 11.9 Å². The Hall–Kier alpha value is -2.09. The summed E-state index contributed by atoms with van der Waals surface area (Å²) in [6.45, 7) is 3.21. The van der Waals surface area contributed by atoms with Crippen molar-refractivity contribution >= 4 is 23.5 Å². The van der Waals surface area contributed by atoms with Gasteiger partial charge in [-0.25, -0.2) is 4.98 Å². The molecule has 2 fully saturated rings. The minimum Gasteiger partial charge on any atom is -0.377 e. The number of anilines is 1. The number of ether oxygens (including phenoxy) is 1. The minimum absolute atomic E-state index is 0.0223. The number of halogens is 1. The lowest BCUT2D eigenvalue weighted by Crippen LogP contribution is -2.42. The predicted octanol–water partition coefficient (Wildman–Crippen LogP) is 2.69. The molecule has 2 aliphatic rings. The normalized spacial score (nSPS) is 23.0. The molecule has 0 spiro atoms. The van der Waals surface area contributed by atoms with Crippen molar-refractivity contribution < 1.29 is 9.53 Å².